The van der Waals surface area contributed by atoms with E-state index < -0.39 is 31.3 Å². The summed E-state index contributed by atoms with van der Waals surface area (Å²) >= 11 is 5.43. The molecule has 0 atom stereocenters. The van der Waals surface area contributed by atoms with Crippen molar-refractivity contribution in [2.45, 2.75) is 97.2 Å². The minimum atomic E-state index is -1.40. The standard InChI is InChI=1S/C18H23BN3O3Si.C18H23N3OSi.C13H19BrN2OSi.C5H6BNO2.CH2I.V/c1-26(2,3)10-9-24-13-22-17(25-19-23)11-16-15(6-8-21-18(16)22)14-5-4-7-20-12-14;1-23(2,3)12-11-22-14-21-10-7-17-16(6-9-20-18(17)21)15-5-4-8-19-13-15;1-18(2,3)9-8-17-10-16-7-5-11-12(14)4-6-15-13(11)16;8-6(9)5-2-1-3-7-4-5;1-2;/h4-8,11-12,23H,9-10,13H2,1-3H3;4-10,13H,11-12,14H2,1-3H3;4-7H,8-10H2,1-3H3;1-4,8-9H;1H2;/q;;;;-1;. The average molecular weight is 1340 g/mol. The van der Waals surface area contributed by atoms with Crippen LogP contribution in [-0.2, 0) is 53.0 Å². The summed E-state index contributed by atoms with van der Waals surface area (Å²) < 4.78 is 29.8. The van der Waals surface area contributed by atoms with Crippen molar-refractivity contribution in [2.24, 2.45) is 0 Å². The van der Waals surface area contributed by atoms with Crippen LogP contribution in [0.1, 0.15) is 0 Å². The Labute approximate surface area is 503 Å². The number of rotatable bonds is 20. The van der Waals surface area contributed by atoms with Crippen LogP contribution < -0.4 is 10.1 Å². The van der Waals surface area contributed by atoms with E-state index in [9.17, 15) is 0 Å². The summed E-state index contributed by atoms with van der Waals surface area (Å²) in [6.07, 6.45) is 19.7. The zero-order valence-corrected chi connectivity index (χ0v) is 54.8. The van der Waals surface area contributed by atoms with Crippen molar-refractivity contribution in [1.29, 1.82) is 0 Å². The molecule has 9 rings (SSSR count). The number of aromatic nitrogens is 9. The fourth-order valence-corrected chi connectivity index (χ4v) is 10.1. The Bertz CT molecular complexity index is 3170. The smallest absolute Gasteiger partial charge is 0.524 e. The van der Waals surface area contributed by atoms with E-state index in [-0.39, 0.29) is 18.6 Å². The molecule has 418 valence electrons. The summed E-state index contributed by atoms with van der Waals surface area (Å²) in [4.78, 5) is 28.7. The fraction of sp³-hybridized carbons (Fsp3) is 0.327. The zero-order chi connectivity index (χ0) is 56.7. The summed E-state index contributed by atoms with van der Waals surface area (Å²) in [7, 11) is -3.92. The van der Waals surface area contributed by atoms with Gasteiger partial charge < -0.3 is 65.7 Å². The van der Waals surface area contributed by atoms with Crippen LogP contribution in [0.25, 0.3) is 55.4 Å². The Hall–Kier alpha value is -4.35. The number of hydrogen-bond acceptors (Lipinski definition) is 13. The van der Waals surface area contributed by atoms with Crippen molar-refractivity contribution in [3.05, 3.63) is 150 Å². The van der Waals surface area contributed by atoms with Crippen LogP contribution in [-0.4, -0.2) is 118 Å². The number of nitrogens with zero attached hydrogens (tertiary/aromatic N) is 9. The predicted molar refractivity (Wildman–Crippen MR) is 338 cm³/mol. The van der Waals surface area contributed by atoms with Gasteiger partial charge in [-0.15, -0.1) is 0 Å². The van der Waals surface area contributed by atoms with Crippen LogP contribution in [0, 0.1) is 4.93 Å². The Balaban J connectivity index is 0.000000234. The maximum atomic E-state index is 9.11. The van der Waals surface area contributed by atoms with Gasteiger partial charge in [0.1, 0.15) is 37.1 Å². The monoisotopic (exact) mass is 1330 g/mol. The van der Waals surface area contributed by atoms with Gasteiger partial charge in [-0.25, -0.2) is 15.0 Å². The number of halogens is 2. The molecule has 0 fully saturated rings. The maximum Gasteiger partial charge on any atom is 0.570 e. The fourth-order valence-electron chi connectivity index (χ4n) is 7.45. The van der Waals surface area contributed by atoms with Crippen molar-refractivity contribution in [1.82, 2.24) is 43.6 Å². The van der Waals surface area contributed by atoms with E-state index in [0.717, 1.165) is 79.1 Å². The summed E-state index contributed by atoms with van der Waals surface area (Å²) in [5, 5.41) is 29.4. The van der Waals surface area contributed by atoms with Crippen molar-refractivity contribution >= 4 is 116 Å². The van der Waals surface area contributed by atoms with Crippen molar-refractivity contribution in [3.8, 4) is 28.1 Å². The first-order chi connectivity index (χ1) is 37.3. The van der Waals surface area contributed by atoms with E-state index in [1.807, 2.05) is 111 Å². The van der Waals surface area contributed by atoms with Crippen molar-refractivity contribution in [2.75, 3.05) is 19.8 Å². The Morgan fingerprint density at radius 2 is 1.01 bits per heavy atom. The summed E-state index contributed by atoms with van der Waals surface area (Å²) in [5.41, 5.74) is 7.36. The minimum Gasteiger partial charge on any atom is -0.524 e. The number of pyridine rings is 6. The van der Waals surface area contributed by atoms with Crippen LogP contribution in [0.3, 0.4) is 0 Å². The minimum absolute atomic E-state index is 0. The molecule has 0 aliphatic heterocycles. The van der Waals surface area contributed by atoms with Crippen LogP contribution in [0.5, 0.6) is 5.88 Å². The molecule has 0 spiro atoms. The molecule has 0 saturated carbocycles. The molecule has 0 aliphatic rings. The number of ether oxygens (including phenoxy) is 3. The van der Waals surface area contributed by atoms with Gasteiger partial charge in [-0.2, -0.15) is 0 Å². The molecule has 0 aliphatic carbocycles. The summed E-state index contributed by atoms with van der Waals surface area (Å²) in [6.45, 7) is 24.9. The van der Waals surface area contributed by atoms with Gasteiger partial charge in [-0.3, -0.25) is 24.4 Å². The van der Waals surface area contributed by atoms with Crippen LogP contribution >= 0.6 is 38.5 Å². The topological polar surface area (TPSA) is 190 Å². The Kier molecular flexibility index (Phi) is 28.5. The molecule has 9 aromatic rings. The van der Waals surface area contributed by atoms with E-state index >= 15 is 0 Å². The van der Waals surface area contributed by atoms with Crippen molar-refractivity contribution in [3.63, 3.8) is 0 Å². The van der Waals surface area contributed by atoms with Crippen molar-refractivity contribution < 1.29 is 52.5 Å². The molecule has 0 unspecified atom stereocenters. The van der Waals surface area contributed by atoms with Gasteiger partial charge in [-0.1, -0.05) is 77.1 Å². The molecule has 9 heterocycles. The van der Waals surface area contributed by atoms with Crippen LogP contribution in [0.2, 0.25) is 77.1 Å². The van der Waals surface area contributed by atoms with Gasteiger partial charge in [-0.05, 0) is 93.7 Å². The van der Waals surface area contributed by atoms with Gasteiger partial charge in [0.15, 0.2) is 5.88 Å². The molecule has 2 radical (unpaired) electrons. The first-order valence-electron chi connectivity index (χ1n) is 25.5. The molecule has 79 heavy (non-hydrogen) atoms. The third-order valence-corrected chi connectivity index (χ3v) is 17.6. The van der Waals surface area contributed by atoms with E-state index in [1.165, 1.54) is 18.3 Å². The molecular formula is C55H73B2BrIN9O7Si3V-. The largest absolute Gasteiger partial charge is 0.570 e. The Morgan fingerprint density at radius 1 is 0.570 bits per heavy atom. The molecule has 0 aromatic carbocycles. The van der Waals surface area contributed by atoms with Gasteiger partial charge in [0, 0.05) is 174 Å². The number of hydrogen-bond donors (Lipinski definition) is 3. The molecule has 24 heteroatoms. The van der Waals surface area contributed by atoms with Crippen LogP contribution in [0.4, 0.5) is 0 Å². The van der Waals surface area contributed by atoms with E-state index in [2.05, 4.69) is 132 Å². The first-order valence-corrected chi connectivity index (χ1v) is 39.0. The van der Waals surface area contributed by atoms with E-state index in [1.54, 1.807) is 36.9 Å². The van der Waals surface area contributed by atoms with Gasteiger partial charge in [0.05, 0.1) is 0 Å². The normalized spacial score (nSPS) is 11.2. The maximum absolute atomic E-state index is 9.11. The quantitative estimate of drug-likeness (QED) is 0.0283. The molecule has 0 amide bonds. The predicted octanol–water partition coefficient (Wildman–Crippen LogP) is 11.8. The second-order valence-corrected chi connectivity index (χ2v) is 39.3. The molecule has 9 aromatic heterocycles. The van der Waals surface area contributed by atoms with E-state index in [0.29, 0.717) is 45.8 Å². The first kappa shape index (κ1) is 67.2. The third kappa shape index (κ3) is 22.2. The second kappa shape index (κ2) is 33.5. The molecule has 16 nitrogen and oxygen atoms in total. The molecule has 3 N–H and O–H groups in total. The van der Waals surface area contributed by atoms with Gasteiger partial charge in [0.25, 0.3) is 0 Å². The average Bonchev–Trinajstić information content (AvgIpc) is 4.22. The van der Waals surface area contributed by atoms with Gasteiger partial charge >= 0.3 is 14.8 Å². The summed E-state index contributed by atoms with van der Waals surface area (Å²) in [6, 6.07) is 26.6. The van der Waals surface area contributed by atoms with Gasteiger partial charge in [0.2, 0.25) is 0 Å². The second-order valence-electron chi connectivity index (χ2n) is 21.6. The molecular weight excluding hydrogens is 1260 g/mol. The Morgan fingerprint density at radius 3 is 1.46 bits per heavy atom. The third-order valence-electron chi connectivity index (χ3n) is 11.8. The summed E-state index contributed by atoms with van der Waals surface area (Å²) in [5.74, 6) is 0.486. The zero-order valence-electron chi connectivity index (χ0n) is 46.7. The molecule has 0 bridgehead atoms. The van der Waals surface area contributed by atoms with Crippen LogP contribution in [0.15, 0.2) is 145 Å². The SMILES string of the molecule is C[Si](C)(C)CCOCn1c(O[B]O)cc2c(-c3cccnc3)ccnc21.C[Si](C)(C)CCOCn1ccc2c(-c3cccnc3)ccnc21.C[Si](C)(C)CCOCn1ccc2c(Br)ccnc21.OB(O)c1cccnc1.[CH2-]I.[V]. The van der Waals surface area contributed by atoms with E-state index in [4.69, 9.17) is 33.9 Å². The number of fused-ring (bicyclic) bond motifs is 3. The molecule has 0 saturated heterocycles.